The van der Waals surface area contributed by atoms with Gasteiger partial charge in [-0.2, -0.15) is 25.3 Å². The van der Waals surface area contributed by atoms with E-state index in [2.05, 4.69) is 77.8 Å². The Hall–Kier alpha value is -7.22. The van der Waals surface area contributed by atoms with Gasteiger partial charge in [0, 0.05) is 48.1 Å². The molecule has 2 heterocycles. The number of nitrogens with two attached hydrogens (primary N) is 5. The number of hydrogen-bond donors (Lipinski definition) is 18. The number of carboxylic acid groups (broad SMARTS) is 2. The standard InChI is InChI=1S/C48H76N16O13S2/c49-15-5-3-10-28(51)40(69)62-34(24-78)42(71)57-22-37(65)58-30(12-4-6-16-50)41(70)56-23-38(66)59-32(20-39(67)68)43(72)61-33(19-26-21-55-29-11-2-1-9-27(26)29)46(75)64-18-8-14-36(64)45(74)63-35(25-79)44(73)60-31(47(76)77)13-7-17-54-48(52)53/h1-2,9,11,21,28,30-36,55,78-79H,3-8,10,12-20,22-25,49-51H2,(H,56,70)(H,57,71)(H,58,65)(H,59,66)(H,60,73)(H,61,72)(H,62,69)(H,63,74)(H,67,68)(H,76,77)(H4,52,53,54)/t28-,30-,31-,32-,33-,34-,35-,36-/m0/s1. The molecule has 0 aliphatic carbocycles. The number of rotatable bonds is 36. The molecule has 1 aromatic carbocycles. The topological polar surface area (TPSA) is 486 Å². The minimum atomic E-state index is -1.82. The number of likely N-dealkylation sites (tertiary alicyclic amines) is 1. The summed E-state index contributed by atoms with van der Waals surface area (Å²) in [5.74, 6) is -11.0. The van der Waals surface area contributed by atoms with Gasteiger partial charge in [0.25, 0.3) is 0 Å². The molecule has 79 heavy (non-hydrogen) atoms. The molecule has 1 saturated heterocycles. The van der Waals surface area contributed by atoms with Gasteiger partial charge in [-0.15, -0.1) is 0 Å². The highest BCUT2D eigenvalue weighted by atomic mass is 32.1. The van der Waals surface area contributed by atoms with Crippen LogP contribution in [0.25, 0.3) is 10.9 Å². The van der Waals surface area contributed by atoms with Crippen LogP contribution in [0, 0.1) is 0 Å². The Morgan fingerprint density at radius 3 is 1.84 bits per heavy atom. The number of fused-ring (bicyclic) bond motifs is 1. The molecular weight excluding hydrogens is 1070 g/mol. The maximum Gasteiger partial charge on any atom is 0.326 e. The average Bonchev–Trinajstić information content (AvgIpc) is 4.09. The van der Waals surface area contributed by atoms with Crippen LogP contribution in [0.2, 0.25) is 0 Å². The Balaban J connectivity index is 1.75. The van der Waals surface area contributed by atoms with Gasteiger partial charge in [-0.25, -0.2) is 4.79 Å². The molecule has 8 atom stereocenters. The third-order valence-electron chi connectivity index (χ3n) is 12.5. The number of aliphatic imine (C=N–C) groups is 1. The lowest BCUT2D eigenvalue weighted by atomic mass is 10.0. The smallest absolute Gasteiger partial charge is 0.326 e. The number of amides is 9. The first-order valence-electron chi connectivity index (χ1n) is 25.7. The number of para-hydroxylation sites is 1. The second-order valence-electron chi connectivity index (χ2n) is 18.6. The Bertz CT molecular complexity index is 2460. The normalized spacial score (nSPS) is 15.6. The van der Waals surface area contributed by atoms with Crippen molar-refractivity contribution in [1.82, 2.24) is 52.4 Å². The Labute approximate surface area is 466 Å². The lowest BCUT2D eigenvalue weighted by Gasteiger charge is -2.30. The highest BCUT2D eigenvalue weighted by Gasteiger charge is 2.40. The molecule has 29 nitrogen and oxygen atoms in total. The van der Waals surface area contributed by atoms with Crippen LogP contribution in [0.5, 0.6) is 0 Å². The van der Waals surface area contributed by atoms with E-state index in [9.17, 15) is 63.0 Å². The van der Waals surface area contributed by atoms with E-state index in [0.29, 0.717) is 61.5 Å². The summed E-state index contributed by atoms with van der Waals surface area (Å²) in [6.07, 6.45) is 3.45. The molecule has 0 radical (unpaired) electrons. The van der Waals surface area contributed by atoms with Gasteiger partial charge in [0.15, 0.2) is 5.96 Å². The number of aromatic nitrogens is 1. The minimum Gasteiger partial charge on any atom is -0.481 e. The summed E-state index contributed by atoms with van der Waals surface area (Å²) in [6, 6.07) is -3.46. The molecule has 1 aliphatic rings. The zero-order chi connectivity index (χ0) is 58.6. The first kappa shape index (κ1) is 66.1. The van der Waals surface area contributed by atoms with E-state index < -0.39 is 133 Å². The molecule has 0 spiro atoms. The summed E-state index contributed by atoms with van der Waals surface area (Å²) in [7, 11) is 0. The number of hydrogen-bond acceptors (Lipinski definition) is 17. The van der Waals surface area contributed by atoms with Crippen molar-refractivity contribution in [2.75, 3.05) is 50.8 Å². The number of thiol groups is 2. The van der Waals surface area contributed by atoms with Crippen molar-refractivity contribution in [3.63, 3.8) is 0 Å². The number of benzene rings is 1. The van der Waals surface area contributed by atoms with Crippen LogP contribution in [0.4, 0.5) is 0 Å². The summed E-state index contributed by atoms with van der Waals surface area (Å²) in [5.41, 5.74) is 28.9. The predicted molar refractivity (Wildman–Crippen MR) is 296 cm³/mol. The molecule has 2 aromatic rings. The molecule has 1 aromatic heterocycles. The first-order chi connectivity index (χ1) is 37.6. The number of unbranched alkanes of at least 4 members (excludes halogenated alkanes) is 2. The van der Waals surface area contributed by atoms with E-state index in [4.69, 9.17) is 28.7 Å². The van der Waals surface area contributed by atoms with E-state index in [0.717, 1.165) is 0 Å². The van der Waals surface area contributed by atoms with Crippen LogP contribution >= 0.6 is 25.3 Å². The number of aromatic amines is 1. The van der Waals surface area contributed by atoms with Gasteiger partial charge in [0.1, 0.15) is 42.3 Å². The molecule has 31 heteroatoms. The number of nitrogens with zero attached hydrogens (tertiary/aromatic N) is 2. The van der Waals surface area contributed by atoms with Gasteiger partial charge in [-0.05, 0) is 82.5 Å². The third kappa shape index (κ3) is 22.6. The second kappa shape index (κ2) is 34.6. The summed E-state index contributed by atoms with van der Waals surface area (Å²) in [6.45, 7) is -0.642. The quantitative estimate of drug-likeness (QED) is 0.0131. The van der Waals surface area contributed by atoms with Crippen molar-refractivity contribution < 1.29 is 63.0 Å². The van der Waals surface area contributed by atoms with E-state index in [1.54, 1.807) is 30.5 Å². The number of H-pyrrole nitrogens is 1. The summed E-state index contributed by atoms with van der Waals surface area (Å²) in [4.78, 5) is 153. The van der Waals surface area contributed by atoms with Crippen LogP contribution < -0.4 is 71.2 Å². The minimum absolute atomic E-state index is 0.0192. The fraction of sp³-hybridized carbons (Fsp3) is 0.583. The number of aliphatic carboxylic acids is 2. The number of carboxylic acids is 2. The third-order valence-corrected chi connectivity index (χ3v) is 13.3. The molecule has 21 N–H and O–H groups in total. The zero-order valence-electron chi connectivity index (χ0n) is 43.7. The first-order valence-corrected chi connectivity index (χ1v) is 27.0. The number of carbonyl (C=O) groups is 11. The summed E-state index contributed by atoms with van der Waals surface area (Å²) >= 11 is 8.31. The van der Waals surface area contributed by atoms with Crippen molar-refractivity contribution in [3.8, 4) is 0 Å². The average molecular weight is 1150 g/mol. The van der Waals surface area contributed by atoms with Crippen LogP contribution in [0.1, 0.15) is 76.2 Å². The van der Waals surface area contributed by atoms with Crippen LogP contribution in [-0.4, -0.2) is 190 Å². The van der Waals surface area contributed by atoms with Gasteiger partial charge >= 0.3 is 11.9 Å². The van der Waals surface area contributed by atoms with Crippen molar-refractivity contribution in [1.29, 1.82) is 0 Å². The molecular formula is C48H76N16O13S2. The monoisotopic (exact) mass is 1150 g/mol. The van der Waals surface area contributed by atoms with Gasteiger partial charge in [0.05, 0.1) is 25.6 Å². The summed E-state index contributed by atoms with van der Waals surface area (Å²) in [5, 5.41) is 39.7. The highest BCUT2D eigenvalue weighted by Crippen LogP contribution is 2.23. The van der Waals surface area contributed by atoms with E-state index in [1.165, 1.54) is 4.90 Å². The number of guanidine groups is 1. The zero-order valence-corrected chi connectivity index (χ0v) is 45.5. The van der Waals surface area contributed by atoms with Crippen molar-refractivity contribution in [2.45, 2.75) is 125 Å². The van der Waals surface area contributed by atoms with Gasteiger partial charge in [-0.3, -0.25) is 52.9 Å². The van der Waals surface area contributed by atoms with E-state index in [1.807, 2.05) is 0 Å². The molecule has 3 rings (SSSR count). The summed E-state index contributed by atoms with van der Waals surface area (Å²) < 4.78 is 0. The molecule has 438 valence electrons. The van der Waals surface area contributed by atoms with Crippen LogP contribution in [0.15, 0.2) is 35.5 Å². The molecule has 9 amide bonds. The van der Waals surface area contributed by atoms with Gasteiger partial charge in [0.2, 0.25) is 53.2 Å². The molecule has 0 saturated carbocycles. The molecule has 0 unspecified atom stereocenters. The Morgan fingerprint density at radius 1 is 0.671 bits per heavy atom. The van der Waals surface area contributed by atoms with Crippen LogP contribution in [0.3, 0.4) is 0 Å². The number of nitrogens with one attached hydrogen (secondary N) is 9. The maximum absolute atomic E-state index is 14.6. The van der Waals surface area contributed by atoms with Crippen molar-refractivity contribution in [3.05, 3.63) is 36.0 Å². The highest BCUT2D eigenvalue weighted by molar-refractivity contribution is 7.80. The Morgan fingerprint density at radius 2 is 1.23 bits per heavy atom. The fourth-order valence-corrected chi connectivity index (χ4v) is 8.84. The molecule has 1 aliphatic heterocycles. The maximum atomic E-state index is 14.6. The fourth-order valence-electron chi connectivity index (χ4n) is 8.32. The predicted octanol–water partition coefficient (Wildman–Crippen LogP) is -5.10. The lowest BCUT2D eigenvalue weighted by Crippen LogP contribution is -2.59. The number of carbonyl (C=O) groups excluding carboxylic acids is 9. The van der Waals surface area contributed by atoms with Crippen LogP contribution in [-0.2, 0) is 59.2 Å². The van der Waals surface area contributed by atoms with Crippen molar-refractivity contribution in [2.24, 2.45) is 33.7 Å². The second-order valence-corrected chi connectivity index (χ2v) is 19.3. The van der Waals surface area contributed by atoms with Crippen molar-refractivity contribution >= 4 is 107 Å². The Kier molecular flexibility index (Phi) is 28.9. The lowest BCUT2D eigenvalue weighted by molar-refractivity contribution is -0.144. The van der Waals surface area contributed by atoms with E-state index in [-0.39, 0.29) is 69.2 Å². The SMILES string of the molecule is NCCCC[C@H](NC(=O)CNC(=O)[C@H](CS)NC(=O)[C@@H](N)CCCCN)C(=O)NCC(=O)N[C@@H](CC(=O)O)C(=O)N[C@@H](Cc1c[nH]c2ccccc12)C(=O)N1CCC[C@H]1C(=O)N[C@@H](CS)C(=O)N[C@@H](CCCN=C(N)N)C(=O)O. The molecule has 0 bridgehead atoms. The largest absolute Gasteiger partial charge is 0.481 e. The van der Waals surface area contributed by atoms with E-state index >= 15 is 0 Å². The van der Waals surface area contributed by atoms with Gasteiger partial charge < -0.3 is 91.3 Å². The molecule has 1 fully saturated rings. The van der Waals surface area contributed by atoms with Gasteiger partial charge in [-0.1, -0.05) is 24.6 Å².